The van der Waals surface area contributed by atoms with Crippen molar-refractivity contribution in [3.63, 3.8) is 0 Å². The summed E-state index contributed by atoms with van der Waals surface area (Å²) in [6.07, 6.45) is 9.15. The second-order valence-corrected chi connectivity index (χ2v) is 15.0. The number of nitrogens with zero attached hydrogens (tertiary/aromatic N) is 2. The maximum absolute atomic E-state index is 6.29. The minimum absolute atomic E-state index is 0.686. The van der Waals surface area contributed by atoms with E-state index < -0.39 is 0 Å². The number of aromatic nitrogens is 2. The number of hydrogen-bond acceptors (Lipinski definition) is 4. The van der Waals surface area contributed by atoms with E-state index in [4.69, 9.17) is 14.4 Å². The van der Waals surface area contributed by atoms with Gasteiger partial charge in [0.1, 0.15) is 11.2 Å². The summed E-state index contributed by atoms with van der Waals surface area (Å²) >= 11 is 1.90. The van der Waals surface area contributed by atoms with Crippen molar-refractivity contribution in [2.75, 3.05) is 0 Å². The van der Waals surface area contributed by atoms with Gasteiger partial charge in [0.2, 0.25) is 0 Å². The molecule has 1 aliphatic rings. The smallest absolute Gasteiger partial charge is 0.160 e. The lowest BCUT2D eigenvalue weighted by atomic mass is 9.97. The molecule has 0 amide bonds. The standard InChI is InChI=1S/C50H32N2OS/c1-2-11-32(12-3-1)38-15-8-17-42-43-18-9-16-39(49(43)54-48(38)42)33-21-23-34(24-22-33)50-51-44(36-25-20-31-10-4-5-13-35(31)28-36)30-45(52-50)37-26-27-41-40-14-6-7-19-46(40)53-47(41)29-37/h2,4-30H,1,3H2. The van der Waals surface area contributed by atoms with E-state index in [0.29, 0.717) is 5.82 Å². The van der Waals surface area contributed by atoms with Crippen molar-refractivity contribution in [3.05, 3.63) is 175 Å². The van der Waals surface area contributed by atoms with Gasteiger partial charge in [-0.05, 0) is 76.2 Å². The van der Waals surface area contributed by atoms with Crippen molar-refractivity contribution >= 4 is 69.8 Å². The van der Waals surface area contributed by atoms with E-state index in [1.165, 1.54) is 53.2 Å². The first-order chi connectivity index (χ1) is 26.7. The third-order valence-corrected chi connectivity index (χ3v) is 12.0. The van der Waals surface area contributed by atoms with Gasteiger partial charge in [0.25, 0.3) is 0 Å². The van der Waals surface area contributed by atoms with Crippen LogP contribution in [0.2, 0.25) is 0 Å². The molecule has 0 atom stereocenters. The van der Waals surface area contributed by atoms with Crippen LogP contribution in [0, 0.1) is 0 Å². The molecule has 3 nitrogen and oxygen atoms in total. The Balaban J connectivity index is 1.03. The Hall–Kier alpha value is -6.62. The van der Waals surface area contributed by atoms with Gasteiger partial charge in [-0.1, -0.05) is 140 Å². The topological polar surface area (TPSA) is 38.9 Å². The zero-order valence-corrected chi connectivity index (χ0v) is 30.1. The minimum atomic E-state index is 0.686. The molecule has 0 fully saturated rings. The Bertz CT molecular complexity index is 3160. The summed E-state index contributed by atoms with van der Waals surface area (Å²) < 4.78 is 8.95. The number of hydrogen-bond donors (Lipinski definition) is 0. The number of benzene rings is 7. The normalized spacial score (nSPS) is 13.1. The summed E-state index contributed by atoms with van der Waals surface area (Å²) in [5.74, 6) is 0.686. The molecule has 0 spiro atoms. The monoisotopic (exact) mass is 708 g/mol. The molecule has 4 heteroatoms. The maximum atomic E-state index is 6.29. The van der Waals surface area contributed by atoms with Gasteiger partial charge in [0.15, 0.2) is 5.82 Å². The van der Waals surface area contributed by atoms with Crippen LogP contribution in [0.1, 0.15) is 18.4 Å². The molecule has 0 aliphatic heterocycles. The van der Waals surface area contributed by atoms with Crippen molar-refractivity contribution in [1.82, 2.24) is 9.97 Å². The summed E-state index contributed by atoms with van der Waals surface area (Å²) in [5, 5.41) is 7.22. The summed E-state index contributed by atoms with van der Waals surface area (Å²) in [6, 6.07) is 53.8. The van der Waals surface area contributed by atoms with Crippen LogP contribution in [0.4, 0.5) is 0 Å². The summed E-state index contributed by atoms with van der Waals surface area (Å²) in [7, 11) is 0. The van der Waals surface area contributed by atoms with Crippen molar-refractivity contribution < 1.29 is 4.42 Å². The molecular formula is C50H32N2OS. The van der Waals surface area contributed by atoms with E-state index in [1.807, 2.05) is 23.5 Å². The molecule has 54 heavy (non-hydrogen) atoms. The molecule has 0 N–H and O–H groups in total. The van der Waals surface area contributed by atoms with Gasteiger partial charge in [-0.3, -0.25) is 0 Å². The fraction of sp³-hybridized carbons (Fsp3) is 0.0400. The van der Waals surface area contributed by atoms with Crippen LogP contribution >= 0.6 is 11.3 Å². The molecule has 3 heterocycles. The number of rotatable bonds is 5. The second kappa shape index (κ2) is 12.5. The molecule has 3 aromatic heterocycles. The first-order valence-electron chi connectivity index (χ1n) is 18.5. The Labute approximate surface area is 316 Å². The predicted octanol–water partition coefficient (Wildman–Crippen LogP) is 14.3. The molecule has 0 radical (unpaired) electrons. The molecule has 11 rings (SSSR count). The van der Waals surface area contributed by atoms with Gasteiger partial charge in [-0.15, -0.1) is 11.3 Å². The number of furan rings is 1. The Morgan fingerprint density at radius 1 is 0.463 bits per heavy atom. The van der Waals surface area contributed by atoms with Gasteiger partial charge in [-0.2, -0.15) is 0 Å². The average Bonchev–Trinajstić information content (AvgIpc) is 3.82. The number of para-hydroxylation sites is 1. The average molecular weight is 709 g/mol. The van der Waals surface area contributed by atoms with Crippen molar-refractivity contribution in [2.45, 2.75) is 12.8 Å². The highest BCUT2D eigenvalue weighted by Crippen LogP contribution is 2.43. The molecule has 0 saturated carbocycles. The van der Waals surface area contributed by atoms with Gasteiger partial charge in [0, 0.05) is 47.6 Å². The van der Waals surface area contributed by atoms with Crippen molar-refractivity contribution in [2.24, 2.45) is 0 Å². The van der Waals surface area contributed by atoms with Gasteiger partial charge in [-0.25, -0.2) is 9.97 Å². The molecule has 254 valence electrons. The van der Waals surface area contributed by atoms with E-state index in [9.17, 15) is 0 Å². The van der Waals surface area contributed by atoms with Crippen LogP contribution in [-0.2, 0) is 0 Å². The van der Waals surface area contributed by atoms with E-state index in [2.05, 4.69) is 158 Å². The van der Waals surface area contributed by atoms with E-state index in [-0.39, 0.29) is 0 Å². The van der Waals surface area contributed by atoms with E-state index in [0.717, 1.165) is 62.9 Å². The number of allylic oxidation sites excluding steroid dienone is 4. The van der Waals surface area contributed by atoms with Crippen LogP contribution in [0.3, 0.4) is 0 Å². The Morgan fingerprint density at radius 3 is 1.93 bits per heavy atom. The quantitative estimate of drug-likeness (QED) is 0.179. The van der Waals surface area contributed by atoms with Gasteiger partial charge < -0.3 is 4.42 Å². The molecule has 0 saturated heterocycles. The van der Waals surface area contributed by atoms with Crippen LogP contribution < -0.4 is 0 Å². The van der Waals surface area contributed by atoms with Gasteiger partial charge in [0.05, 0.1) is 11.4 Å². The SMILES string of the molecule is C1=CC(c2cccc3c2sc2c(-c4ccc(-c5nc(-c6ccc7ccccc7c6)cc(-c6ccc7c(c6)oc6ccccc67)n5)cc4)cccc23)=CCC1. The Morgan fingerprint density at radius 2 is 1.11 bits per heavy atom. The minimum Gasteiger partial charge on any atom is -0.456 e. The Kier molecular flexibility index (Phi) is 7.17. The third kappa shape index (κ3) is 5.18. The lowest BCUT2D eigenvalue weighted by Gasteiger charge is -2.11. The van der Waals surface area contributed by atoms with Crippen LogP contribution in [0.5, 0.6) is 0 Å². The lowest BCUT2D eigenvalue weighted by molar-refractivity contribution is 0.669. The zero-order valence-electron chi connectivity index (χ0n) is 29.3. The van der Waals surface area contributed by atoms with E-state index >= 15 is 0 Å². The molecule has 0 bridgehead atoms. The summed E-state index contributed by atoms with van der Waals surface area (Å²) in [6.45, 7) is 0. The van der Waals surface area contributed by atoms with Crippen LogP contribution in [0.15, 0.2) is 174 Å². The molecule has 7 aromatic carbocycles. The highest BCUT2D eigenvalue weighted by atomic mass is 32.1. The van der Waals surface area contributed by atoms with Crippen molar-refractivity contribution in [1.29, 1.82) is 0 Å². The first-order valence-corrected chi connectivity index (χ1v) is 19.3. The highest BCUT2D eigenvalue weighted by molar-refractivity contribution is 7.26. The molecule has 1 aliphatic carbocycles. The van der Waals surface area contributed by atoms with E-state index in [1.54, 1.807) is 0 Å². The lowest BCUT2D eigenvalue weighted by Crippen LogP contribution is -1.96. The maximum Gasteiger partial charge on any atom is 0.160 e. The largest absolute Gasteiger partial charge is 0.456 e. The van der Waals surface area contributed by atoms with Crippen LogP contribution in [-0.4, -0.2) is 9.97 Å². The fourth-order valence-electron chi connectivity index (χ4n) is 7.99. The highest BCUT2D eigenvalue weighted by Gasteiger charge is 2.17. The summed E-state index contributed by atoms with van der Waals surface area (Å²) in [5.41, 5.74) is 11.5. The number of fused-ring (bicyclic) bond motifs is 7. The molecular weight excluding hydrogens is 677 g/mol. The third-order valence-electron chi connectivity index (χ3n) is 10.7. The molecule has 10 aromatic rings. The van der Waals surface area contributed by atoms with Gasteiger partial charge >= 0.3 is 0 Å². The van der Waals surface area contributed by atoms with Crippen molar-refractivity contribution in [3.8, 4) is 45.0 Å². The first kappa shape index (κ1) is 31.0. The second-order valence-electron chi connectivity index (χ2n) is 14.0. The van der Waals surface area contributed by atoms with Crippen LogP contribution in [0.25, 0.3) is 103 Å². The zero-order chi connectivity index (χ0) is 35.6. The molecule has 0 unspecified atom stereocenters. The summed E-state index contributed by atoms with van der Waals surface area (Å²) in [4.78, 5) is 10.4. The fourth-order valence-corrected chi connectivity index (χ4v) is 9.36. The predicted molar refractivity (Wildman–Crippen MR) is 228 cm³/mol. The number of thiophene rings is 1.